The standard InChI is InChI=1S/C21H23FN4O4S/c22-16-3-6-18-19(14-24-20(18)13-16)15-1-4-17(5-2-15)31(28,29)25-8-7-23-21(27)26-9-11-30-12-10-26/h1-6,13-14,24-25H,7-12H2,(H,23,27). The molecule has 3 aromatic rings. The van der Waals surface area contributed by atoms with Crippen LogP contribution in [0, 0.1) is 5.82 Å². The molecule has 164 valence electrons. The maximum atomic E-state index is 13.4. The first kappa shape index (κ1) is 21.3. The fourth-order valence-electron chi connectivity index (χ4n) is 3.47. The molecule has 1 aromatic heterocycles. The van der Waals surface area contributed by atoms with E-state index in [2.05, 4.69) is 15.0 Å². The van der Waals surface area contributed by atoms with Gasteiger partial charge in [-0.1, -0.05) is 12.1 Å². The third-order valence-electron chi connectivity index (χ3n) is 5.11. The quantitative estimate of drug-likeness (QED) is 0.506. The summed E-state index contributed by atoms with van der Waals surface area (Å²) in [5.41, 5.74) is 2.35. The molecular formula is C21H23FN4O4S. The lowest BCUT2D eigenvalue weighted by Gasteiger charge is -2.26. The Labute approximate surface area is 179 Å². The van der Waals surface area contributed by atoms with Crippen LogP contribution in [0.5, 0.6) is 0 Å². The second-order valence-electron chi connectivity index (χ2n) is 7.15. The molecule has 0 unspecified atom stereocenters. The Hall–Kier alpha value is -2.95. The molecule has 2 heterocycles. The number of ether oxygens (including phenoxy) is 1. The highest BCUT2D eigenvalue weighted by molar-refractivity contribution is 7.89. The van der Waals surface area contributed by atoms with E-state index in [1.165, 1.54) is 24.3 Å². The summed E-state index contributed by atoms with van der Waals surface area (Å²) in [7, 11) is -3.71. The molecule has 1 aliphatic rings. The van der Waals surface area contributed by atoms with Crippen LogP contribution >= 0.6 is 0 Å². The number of aromatic nitrogens is 1. The zero-order chi connectivity index (χ0) is 21.8. The lowest BCUT2D eigenvalue weighted by Crippen LogP contribution is -2.47. The number of urea groups is 1. The summed E-state index contributed by atoms with van der Waals surface area (Å²) < 4.78 is 46.1. The summed E-state index contributed by atoms with van der Waals surface area (Å²) in [5.74, 6) is -0.324. The van der Waals surface area contributed by atoms with Crippen molar-refractivity contribution in [1.82, 2.24) is 19.9 Å². The number of benzene rings is 2. The summed E-state index contributed by atoms with van der Waals surface area (Å²) in [6.45, 7) is 2.31. The number of nitrogens with zero attached hydrogens (tertiary/aromatic N) is 1. The van der Waals surface area contributed by atoms with E-state index >= 15 is 0 Å². The number of carbonyl (C=O) groups is 1. The van der Waals surface area contributed by atoms with E-state index < -0.39 is 10.0 Å². The number of rotatable bonds is 6. The van der Waals surface area contributed by atoms with Crippen molar-refractivity contribution < 1.29 is 22.3 Å². The molecule has 1 saturated heterocycles. The number of aromatic amines is 1. The molecule has 0 saturated carbocycles. The van der Waals surface area contributed by atoms with Crippen LogP contribution in [0.1, 0.15) is 0 Å². The number of H-pyrrole nitrogens is 1. The second-order valence-corrected chi connectivity index (χ2v) is 8.91. The van der Waals surface area contributed by atoms with Gasteiger partial charge in [0.05, 0.1) is 18.1 Å². The summed E-state index contributed by atoms with van der Waals surface area (Å²) in [5, 5.41) is 3.55. The van der Waals surface area contributed by atoms with Crippen LogP contribution in [0.4, 0.5) is 9.18 Å². The van der Waals surface area contributed by atoms with Gasteiger partial charge in [-0.05, 0) is 35.9 Å². The molecule has 4 rings (SSSR count). The van der Waals surface area contributed by atoms with Crippen LogP contribution in [-0.4, -0.2) is 63.7 Å². The maximum Gasteiger partial charge on any atom is 0.317 e. The SMILES string of the molecule is O=C(NCCNS(=O)(=O)c1ccc(-c2c[nH]c3cc(F)ccc23)cc1)N1CCOCC1. The van der Waals surface area contributed by atoms with E-state index in [0.29, 0.717) is 31.8 Å². The Bertz CT molecular complexity index is 1170. The Morgan fingerprint density at radius 2 is 1.84 bits per heavy atom. The molecule has 1 aliphatic heterocycles. The molecule has 3 N–H and O–H groups in total. The second kappa shape index (κ2) is 9.04. The molecule has 1 fully saturated rings. The number of nitrogens with one attached hydrogen (secondary N) is 3. The number of fused-ring (bicyclic) bond motifs is 1. The van der Waals surface area contributed by atoms with E-state index in [0.717, 1.165) is 16.5 Å². The van der Waals surface area contributed by atoms with Crippen LogP contribution in [0.2, 0.25) is 0 Å². The van der Waals surface area contributed by atoms with Crippen LogP contribution in [-0.2, 0) is 14.8 Å². The van der Waals surface area contributed by atoms with E-state index in [1.54, 1.807) is 29.3 Å². The molecule has 0 radical (unpaired) electrons. The first-order valence-electron chi connectivity index (χ1n) is 9.91. The first-order chi connectivity index (χ1) is 14.9. The minimum Gasteiger partial charge on any atom is -0.378 e. The topological polar surface area (TPSA) is 104 Å². The predicted molar refractivity (Wildman–Crippen MR) is 115 cm³/mol. The highest BCUT2D eigenvalue weighted by Gasteiger charge is 2.17. The molecule has 2 aromatic carbocycles. The third kappa shape index (κ3) is 4.87. The number of hydrogen-bond donors (Lipinski definition) is 3. The largest absolute Gasteiger partial charge is 0.378 e. The maximum absolute atomic E-state index is 13.4. The van der Waals surface area contributed by atoms with Crippen molar-refractivity contribution in [2.45, 2.75) is 4.90 Å². The van der Waals surface area contributed by atoms with Crippen LogP contribution < -0.4 is 10.0 Å². The number of amides is 2. The van der Waals surface area contributed by atoms with Gasteiger partial charge in [0, 0.05) is 48.8 Å². The zero-order valence-electron chi connectivity index (χ0n) is 16.7. The molecule has 0 spiro atoms. The minimum atomic E-state index is -3.71. The molecular weight excluding hydrogens is 423 g/mol. The summed E-state index contributed by atoms with van der Waals surface area (Å²) in [4.78, 5) is 16.8. The number of sulfonamides is 1. The van der Waals surface area contributed by atoms with Gasteiger partial charge >= 0.3 is 6.03 Å². The van der Waals surface area contributed by atoms with Crippen LogP contribution in [0.25, 0.3) is 22.0 Å². The summed E-state index contributed by atoms with van der Waals surface area (Å²) in [6.07, 6.45) is 1.77. The van der Waals surface area contributed by atoms with Gasteiger partial charge in [0.25, 0.3) is 0 Å². The van der Waals surface area contributed by atoms with Crippen LogP contribution in [0.15, 0.2) is 53.6 Å². The van der Waals surface area contributed by atoms with Gasteiger partial charge in [0.2, 0.25) is 10.0 Å². The monoisotopic (exact) mass is 446 g/mol. The number of carbonyl (C=O) groups excluding carboxylic acids is 1. The predicted octanol–water partition coefficient (Wildman–Crippen LogP) is 2.29. The lowest BCUT2D eigenvalue weighted by molar-refractivity contribution is 0.0533. The van der Waals surface area contributed by atoms with Crippen molar-refractivity contribution in [3.05, 3.63) is 54.5 Å². The fraction of sp³-hybridized carbons (Fsp3) is 0.286. The van der Waals surface area contributed by atoms with Gasteiger partial charge < -0.3 is 19.9 Å². The highest BCUT2D eigenvalue weighted by Crippen LogP contribution is 2.29. The van der Waals surface area contributed by atoms with Crippen molar-refractivity contribution in [2.24, 2.45) is 0 Å². The minimum absolute atomic E-state index is 0.0776. The average molecular weight is 447 g/mol. The Balaban J connectivity index is 1.35. The molecule has 0 atom stereocenters. The molecule has 0 bridgehead atoms. The zero-order valence-corrected chi connectivity index (χ0v) is 17.5. The number of morpholine rings is 1. The number of halogens is 1. The highest BCUT2D eigenvalue weighted by atomic mass is 32.2. The third-order valence-corrected chi connectivity index (χ3v) is 6.59. The van der Waals surface area contributed by atoms with Crippen LogP contribution in [0.3, 0.4) is 0 Å². The molecule has 8 nitrogen and oxygen atoms in total. The van der Waals surface area contributed by atoms with Crippen molar-refractivity contribution in [3.63, 3.8) is 0 Å². The van der Waals surface area contributed by atoms with Gasteiger partial charge in [0.15, 0.2) is 0 Å². The first-order valence-corrected chi connectivity index (χ1v) is 11.4. The van der Waals surface area contributed by atoms with Crippen molar-refractivity contribution in [2.75, 3.05) is 39.4 Å². The van der Waals surface area contributed by atoms with Crippen molar-refractivity contribution >= 4 is 27.0 Å². The Morgan fingerprint density at radius 3 is 2.58 bits per heavy atom. The number of hydrogen-bond acceptors (Lipinski definition) is 4. The Kier molecular flexibility index (Phi) is 6.21. The smallest absolute Gasteiger partial charge is 0.317 e. The average Bonchev–Trinajstić information content (AvgIpc) is 3.20. The molecule has 10 heteroatoms. The summed E-state index contributed by atoms with van der Waals surface area (Å²) in [6, 6.07) is 10.7. The fourth-order valence-corrected chi connectivity index (χ4v) is 4.50. The van der Waals surface area contributed by atoms with Gasteiger partial charge in [-0.3, -0.25) is 0 Å². The van der Waals surface area contributed by atoms with Gasteiger partial charge in [-0.2, -0.15) is 0 Å². The molecule has 0 aliphatic carbocycles. The van der Waals surface area contributed by atoms with Gasteiger partial charge in [0.1, 0.15) is 5.82 Å². The Morgan fingerprint density at radius 1 is 1.10 bits per heavy atom. The van der Waals surface area contributed by atoms with E-state index in [9.17, 15) is 17.6 Å². The molecule has 2 amide bonds. The summed E-state index contributed by atoms with van der Waals surface area (Å²) >= 11 is 0. The van der Waals surface area contributed by atoms with Crippen molar-refractivity contribution in [3.8, 4) is 11.1 Å². The normalized spacial score (nSPS) is 14.7. The van der Waals surface area contributed by atoms with Gasteiger partial charge in [-0.15, -0.1) is 0 Å². The van der Waals surface area contributed by atoms with E-state index in [4.69, 9.17) is 4.74 Å². The molecule has 31 heavy (non-hydrogen) atoms. The van der Waals surface area contributed by atoms with E-state index in [1.807, 2.05) is 0 Å². The van der Waals surface area contributed by atoms with E-state index in [-0.39, 0.29) is 29.8 Å². The lowest BCUT2D eigenvalue weighted by atomic mass is 10.1. The van der Waals surface area contributed by atoms with Crippen molar-refractivity contribution in [1.29, 1.82) is 0 Å². The van der Waals surface area contributed by atoms with Gasteiger partial charge in [-0.25, -0.2) is 22.3 Å².